The number of anilines is 1. The van der Waals surface area contributed by atoms with Crippen LogP contribution in [0.1, 0.15) is 11.4 Å². The third-order valence-corrected chi connectivity index (χ3v) is 5.77. The number of fused-ring (bicyclic) bond motifs is 1. The first kappa shape index (κ1) is 16.3. The first-order chi connectivity index (χ1) is 12.6. The summed E-state index contributed by atoms with van der Waals surface area (Å²) < 4.78 is 27.1. The highest BCUT2D eigenvalue weighted by atomic mass is 32.2. The van der Waals surface area contributed by atoms with Crippen molar-refractivity contribution in [3.05, 3.63) is 84.3 Å². The van der Waals surface area contributed by atoms with Crippen molar-refractivity contribution in [1.82, 2.24) is 13.9 Å². The van der Waals surface area contributed by atoms with Crippen LogP contribution in [-0.4, -0.2) is 22.4 Å². The van der Waals surface area contributed by atoms with Crippen LogP contribution in [0.25, 0.3) is 11.0 Å². The summed E-state index contributed by atoms with van der Waals surface area (Å²) in [6.07, 6.45) is 1.93. The second-order valence-electron chi connectivity index (χ2n) is 5.85. The molecule has 0 saturated carbocycles. The average molecular weight is 364 g/mol. The number of rotatable bonds is 4. The van der Waals surface area contributed by atoms with Gasteiger partial charge in [0.15, 0.2) is 5.65 Å². The van der Waals surface area contributed by atoms with Crippen molar-refractivity contribution in [3.63, 3.8) is 0 Å². The molecule has 0 aliphatic heterocycles. The minimum Gasteiger partial charge on any atom is -0.383 e. The maximum atomic E-state index is 13.0. The van der Waals surface area contributed by atoms with Gasteiger partial charge in [0.2, 0.25) is 0 Å². The molecular formula is C19H16N4O2S. The fraction of sp³-hybridized carbons (Fsp3) is 0.0526. The van der Waals surface area contributed by atoms with Crippen molar-refractivity contribution < 1.29 is 8.42 Å². The van der Waals surface area contributed by atoms with Crippen LogP contribution in [0, 0.1) is 0 Å². The smallest absolute Gasteiger partial charge is 0.269 e. The highest BCUT2D eigenvalue weighted by molar-refractivity contribution is 7.90. The van der Waals surface area contributed by atoms with Crippen molar-refractivity contribution in [2.75, 3.05) is 5.73 Å². The van der Waals surface area contributed by atoms with E-state index in [-0.39, 0.29) is 16.4 Å². The zero-order valence-corrected chi connectivity index (χ0v) is 14.6. The van der Waals surface area contributed by atoms with Crippen LogP contribution in [0.3, 0.4) is 0 Å². The lowest BCUT2D eigenvalue weighted by molar-refractivity contribution is 0.588. The number of aromatic nitrogens is 3. The molecule has 0 unspecified atom stereocenters. The minimum atomic E-state index is -3.76. The lowest BCUT2D eigenvalue weighted by Crippen LogP contribution is -2.13. The molecule has 0 aliphatic rings. The van der Waals surface area contributed by atoms with Gasteiger partial charge in [-0.15, -0.1) is 0 Å². The molecule has 2 N–H and O–H groups in total. The molecule has 26 heavy (non-hydrogen) atoms. The molecule has 0 bridgehead atoms. The van der Waals surface area contributed by atoms with Gasteiger partial charge in [-0.1, -0.05) is 48.5 Å². The zero-order chi connectivity index (χ0) is 18.1. The van der Waals surface area contributed by atoms with Gasteiger partial charge in [0.05, 0.1) is 10.3 Å². The highest BCUT2D eigenvalue weighted by Crippen LogP contribution is 2.24. The molecule has 4 rings (SSSR count). The van der Waals surface area contributed by atoms with Crippen LogP contribution in [0.2, 0.25) is 0 Å². The molecule has 0 saturated heterocycles. The maximum Gasteiger partial charge on any atom is 0.269 e. The Morgan fingerprint density at radius 2 is 1.54 bits per heavy atom. The fourth-order valence-electron chi connectivity index (χ4n) is 2.82. The molecule has 2 aromatic heterocycles. The molecule has 0 atom stereocenters. The zero-order valence-electron chi connectivity index (χ0n) is 13.8. The second-order valence-corrected chi connectivity index (χ2v) is 7.67. The van der Waals surface area contributed by atoms with E-state index in [2.05, 4.69) is 9.97 Å². The Kier molecular flexibility index (Phi) is 3.93. The quantitative estimate of drug-likeness (QED) is 0.601. The molecule has 2 heterocycles. The van der Waals surface area contributed by atoms with Gasteiger partial charge >= 0.3 is 0 Å². The molecule has 2 aromatic carbocycles. The highest BCUT2D eigenvalue weighted by Gasteiger charge is 2.21. The van der Waals surface area contributed by atoms with Gasteiger partial charge in [0.25, 0.3) is 10.0 Å². The van der Waals surface area contributed by atoms with Crippen LogP contribution in [-0.2, 0) is 16.4 Å². The van der Waals surface area contributed by atoms with E-state index < -0.39 is 10.0 Å². The third kappa shape index (κ3) is 2.82. The summed E-state index contributed by atoms with van der Waals surface area (Å²) in [5.41, 5.74) is 7.35. The van der Waals surface area contributed by atoms with Crippen LogP contribution in [0.4, 0.5) is 5.82 Å². The standard InChI is InChI=1S/C19H16N4O2S/c20-18-16-11-12-23(26(24,25)15-9-5-2-6-10-15)19(16)22-17(21-18)13-14-7-3-1-4-8-14/h1-12H,13H2,(H2,20,21,22). The summed E-state index contributed by atoms with van der Waals surface area (Å²) in [6.45, 7) is 0. The van der Waals surface area contributed by atoms with Gasteiger partial charge in [0.1, 0.15) is 11.6 Å². The van der Waals surface area contributed by atoms with Gasteiger partial charge in [-0.05, 0) is 23.8 Å². The van der Waals surface area contributed by atoms with Crippen LogP contribution in [0.5, 0.6) is 0 Å². The number of nitrogen functional groups attached to an aromatic ring is 1. The summed E-state index contributed by atoms with van der Waals surface area (Å²) in [4.78, 5) is 8.99. The predicted octanol–water partition coefficient (Wildman–Crippen LogP) is 2.84. The molecule has 4 aromatic rings. The Balaban J connectivity index is 1.85. The number of hydrogen-bond acceptors (Lipinski definition) is 5. The third-order valence-electron chi connectivity index (χ3n) is 4.09. The minimum absolute atomic E-state index is 0.194. The van der Waals surface area contributed by atoms with Crippen LogP contribution in [0.15, 0.2) is 77.8 Å². The first-order valence-electron chi connectivity index (χ1n) is 8.04. The summed E-state index contributed by atoms with van der Waals surface area (Å²) >= 11 is 0. The number of benzene rings is 2. The molecule has 0 radical (unpaired) electrons. The van der Waals surface area contributed by atoms with Crippen LogP contribution >= 0.6 is 0 Å². The molecule has 0 spiro atoms. The number of nitrogens with two attached hydrogens (primary N) is 1. The van der Waals surface area contributed by atoms with Gasteiger partial charge < -0.3 is 5.73 Å². The predicted molar refractivity (Wildman–Crippen MR) is 100 cm³/mol. The number of hydrogen-bond donors (Lipinski definition) is 1. The second kappa shape index (κ2) is 6.27. The largest absolute Gasteiger partial charge is 0.383 e. The first-order valence-corrected chi connectivity index (χ1v) is 9.48. The lowest BCUT2D eigenvalue weighted by Gasteiger charge is -2.08. The molecule has 6 nitrogen and oxygen atoms in total. The van der Waals surface area contributed by atoms with E-state index in [0.717, 1.165) is 9.54 Å². The van der Waals surface area contributed by atoms with E-state index in [1.54, 1.807) is 36.4 Å². The topological polar surface area (TPSA) is 90.9 Å². The van der Waals surface area contributed by atoms with Gasteiger partial charge in [-0.25, -0.2) is 22.4 Å². The Morgan fingerprint density at radius 1 is 0.885 bits per heavy atom. The van der Waals surface area contributed by atoms with Crippen molar-refractivity contribution in [3.8, 4) is 0 Å². The Morgan fingerprint density at radius 3 is 2.23 bits per heavy atom. The number of nitrogens with zero attached hydrogens (tertiary/aromatic N) is 3. The molecule has 0 aliphatic carbocycles. The monoisotopic (exact) mass is 364 g/mol. The summed E-state index contributed by atoms with van der Waals surface area (Å²) in [7, 11) is -3.76. The van der Waals surface area contributed by atoms with E-state index in [0.29, 0.717) is 17.6 Å². The molecule has 7 heteroatoms. The molecular weight excluding hydrogens is 348 g/mol. The van der Waals surface area contributed by atoms with Crippen LogP contribution < -0.4 is 5.73 Å². The fourth-order valence-corrected chi connectivity index (χ4v) is 4.14. The van der Waals surface area contributed by atoms with E-state index >= 15 is 0 Å². The Labute approximate surface area is 151 Å². The van der Waals surface area contributed by atoms with Crippen molar-refractivity contribution in [1.29, 1.82) is 0 Å². The lowest BCUT2D eigenvalue weighted by atomic mass is 10.1. The van der Waals surface area contributed by atoms with E-state index in [9.17, 15) is 8.42 Å². The van der Waals surface area contributed by atoms with E-state index in [1.807, 2.05) is 30.3 Å². The average Bonchev–Trinajstić information content (AvgIpc) is 3.09. The summed E-state index contributed by atoms with van der Waals surface area (Å²) in [5, 5.41) is 0.515. The van der Waals surface area contributed by atoms with Crippen molar-refractivity contribution in [2.45, 2.75) is 11.3 Å². The summed E-state index contributed by atoms with van der Waals surface area (Å²) in [5.74, 6) is 0.743. The Bertz CT molecular complexity index is 1170. The molecule has 0 fully saturated rings. The summed E-state index contributed by atoms with van der Waals surface area (Å²) in [6, 6.07) is 19.6. The Hall–Kier alpha value is -3.19. The van der Waals surface area contributed by atoms with Crippen molar-refractivity contribution >= 4 is 26.9 Å². The SMILES string of the molecule is Nc1nc(Cc2ccccc2)nc2c1ccn2S(=O)(=O)c1ccccc1. The van der Waals surface area contributed by atoms with Gasteiger partial charge in [-0.3, -0.25) is 0 Å². The molecule has 0 amide bonds. The molecule has 130 valence electrons. The van der Waals surface area contributed by atoms with E-state index in [1.165, 1.54) is 6.20 Å². The maximum absolute atomic E-state index is 13.0. The van der Waals surface area contributed by atoms with Gasteiger partial charge in [0, 0.05) is 12.6 Å². The van der Waals surface area contributed by atoms with E-state index in [4.69, 9.17) is 5.73 Å². The van der Waals surface area contributed by atoms with Crippen molar-refractivity contribution in [2.24, 2.45) is 0 Å². The van der Waals surface area contributed by atoms with Gasteiger partial charge in [-0.2, -0.15) is 0 Å². The normalized spacial score (nSPS) is 11.7.